The van der Waals surface area contributed by atoms with Gasteiger partial charge in [0.25, 0.3) is 5.91 Å². The van der Waals surface area contributed by atoms with Gasteiger partial charge in [0.1, 0.15) is 17.0 Å². The maximum Gasteiger partial charge on any atom is 0.273 e. The average molecular weight is 292 g/mol. The Morgan fingerprint density at radius 1 is 1.65 bits per heavy atom. The lowest BCUT2D eigenvalue weighted by molar-refractivity contribution is 0.0757. The van der Waals surface area contributed by atoms with E-state index in [9.17, 15) is 9.90 Å². The minimum Gasteiger partial charge on any atom is -0.472 e. The van der Waals surface area contributed by atoms with Crippen LogP contribution in [-0.4, -0.2) is 40.1 Å². The summed E-state index contributed by atoms with van der Waals surface area (Å²) in [4.78, 5) is 18.5. The van der Waals surface area contributed by atoms with Gasteiger partial charge in [-0.2, -0.15) is 0 Å². The Labute approximate surface area is 120 Å². The van der Waals surface area contributed by atoms with Crippen molar-refractivity contribution >= 4 is 17.2 Å². The Hall–Kier alpha value is -1.66. The van der Waals surface area contributed by atoms with Gasteiger partial charge in [0.2, 0.25) is 0 Å². The fourth-order valence-corrected chi connectivity index (χ4v) is 3.20. The zero-order valence-corrected chi connectivity index (χ0v) is 12.0. The third-order valence-corrected chi connectivity index (χ3v) is 4.58. The molecule has 5 nitrogen and oxygen atoms in total. The summed E-state index contributed by atoms with van der Waals surface area (Å²) in [6, 6.07) is 1.83. The molecule has 1 amide bonds. The second kappa shape index (κ2) is 5.38. The number of carbonyl (C=O) groups is 1. The third kappa shape index (κ3) is 2.48. The number of rotatable bonds is 3. The number of aliphatic hydroxyl groups is 1. The van der Waals surface area contributed by atoms with E-state index in [4.69, 9.17) is 4.42 Å². The average Bonchev–Trinajstić information content (AvgIpc) is 3.17. The molecule has 20 heavy (non-hydrogen) atoms. The van der Waals surface area contributed by atoms with E-state index >= 15 is 0 Å². The molecule has 1 N–H and O–H groups in total. The minimum absolute atomic E-state index is 0.0563. The molecule has 0 saturated carbocycles. The Bertz CT molecular complexity index is 591. The van der Waals surface area contributed by atoms with E-state index in [-0.39, 0.29) is 17.9 Å². The molecule has 2 unspecified atom stereocenters. The number of aromatic nitrogens is 1. The van der Waals surface area contributed by atoms with Crippen LogP contribution in [0.25, 0.3) is 10.6 Å². The predicted octanol–water partition coefficient (Wildman–Crippen LogP) is 2.25. The van der Waals surface area contributed by atoms with Crippen molar-refractivity contribution < 1.29 is 14.3 Å². The van der Waals surface area contributed by atoms with Crippen molar-refractivity contribution in [1.82, 2.24) is 9.88 Å². The number of hydrogen-bond acceptors (Lipinski definition) is 5. The summed E-state index contributed by atoms with van der Waals surface area (Å²) in [5.41, 5.74) is 1.36. The number of furan rings is 1. The summed E-state index contributed by atoms with van der Waals surface area (Å²) in [6.45, 7) is 3.07. The number of hydrogen-bond donors (Lipinski definition) is 1. The molecule has 6 heteroatoms. The van der Waals surface area contributed by atoms with Crippen molar-refractivity contribution in [2.75, 3.05) is 13.1 Å². The molecule has 0 bridgehead atoms. The summed E-state index contributed by atoms with van der Waals surface area (Å²) >= 11 is 1.43. The Morgan fingerprint density at radius 3 is 3.15 bits per heavy atom. The highest BCUT2D eigenvalue weighted by atomic mass is 32.1. The van der Waals surface area contributed by atoms with Crippen LogP contribution >= 0.6 is 11.3 Å². The largest absolute Gasteiger partial charge is 0.472 e. The third-order valence-electron chi connectivity index (χ3n) is 3.69. The Kier molecular flexibility index (Phi) is 3.58. The van der Waals surface area contributed by atoms with Crippen molar-refractivity contribution in [3.63, 3.8) is 0 Å². The standard InChI is InChI=1S/C14H16N2O3S/c1-9(17)10-2-4-16(6-10)14(18)12-8-20-13(15-12)11-3-5-19-7-11/h3,5,7-10,17H,2,4,6H2,1H3. The smallest absolute Gasteiger partial charge is 0.273 e. The lowest BCUT2D eigenvalue weighted by Gasteiger charge is -2.16. The summed E-state index contributed by atoms with van der Waals surface area (Å²) in [5.74, 6) is 0.116. The van der Waals surface area contributed by atoms with Crippen molar-refractivity contribution in [1.29, 1.82) is 0 Å². The molecule has 0 aromatic carbocycles. The van der Waals surface area contributed by atoms with Gasteiger partial charge in [-0.25, -0.2) is 4.98 Å². The number of amides is 1. The number of aliphatic hydroxyl groups excluding tert-OH is 1. The van der Waals surface area contributed by atoms with Crippen LogP contribution in [0.15, 0.2) is 28.4 Å². The van der Waals surface area contributed by atoms with Crippen molar-refractivity contribution in [2.24, 2.45) is 5.92 Å². The zero-order valence-electron chi connectivity index (χ0n) is 11.2. The number of nitrogens with zero attached hydrogens (tertiary/aromatic N) is 2. The van der Waals surface area contributed by atoms with Crippen molar-refractivity contribution in [3.05, 3.63) is 29.7 Å². The van der Waals surface area contributed by atoms with Gasteiger partial charge in [-0.05, 0) is 19.4 Å². The Morgan fingerprint density at radius 2 is 2.50 bits per heavy atom. The molecule has 106 valence electrons. The lowest BCUT2D eigenvalue weighted by Crippen LogP contribution is -2.30. The normalized spacial score (nSPS) is 20.3. The second-order valence-electron chi connectivity index (χ2n) is 5.09. The van der Waals surface area contributed by atoms with Crippen molar-refractivity contribution in [3.8, 4) is 10.6 Å². The second-order valence-corrected chi connectivity index (χ2v) is 5.95. The molecule has 0 aliphatic carbocycles. The van der Waals surface area contributed by atoms with Crippen LogP contribution in [0.1, 0.15) is 23.8 Å². The van der Waals surface area contributed by atoms with Crippen LogP contribution < -0.4 is 0 Å². The molecule has 0 spiro atoms. The van der Waals surface area contributed by atoms with Crippen molar-refractivity contribution in [2.45, 2.75) is 19.4 Å². The molecule has 2 aromatic heterocycles. The highest BCUT2D eigenvalue weighted by Gasteiger charge is 2.30. The first kappa shape index (κ1) is 13.3. The quantitative estimate of drug-likeness (QED) is 0.942. The first-order chi connectivity index (χ1) is 9.65. The molecule has 1 aliphatic rings. The topological polar surface area (TPSA) is 66.6 Å². The van der Waals surface area contributed by atoms with Crippen LogP contribution in [0.4, 0.5) is 0 Å². The van der Waals surface area contributed by atoms with Crippen LogP contribution in [-0.2, 0) is 0 Å². The van der Waals surface area contributed by atoms with Gasteiger partial charge in [-0.15, -0.1) is 11.3 Å². The fourth-order valence-electron chi connectivity index (χ4n) is 2.42. The molecule has 1 aliphatic heterocycles. The molecule has 1 fully saturated rings. The van der Waals surface area contributed by atoms with Gasteiger partial charge in [0.05, 0.1) is 12.4 Å². The number of likely N-dealkylation sites (tertiary alicyclic amines) is 1. The van der Waals surface area contributed by atoms with E-state index in [1.54, 1.807) is 29.7 Å². The SMILES string of the molecule is CC(O)C1CCN(C(=O)c2csc(-c3ccoc3)n2)C1. The van der Waals surface area contributed by atoms with E-state index in [2.05, 4.69) is 4.98 Å². The van der Waals surface area contributed by atoms with Gasteiger partial charge < -0.3 is 14.4 Å². The highest BCUT2D eigenvalue weighted by molar-refractivity contribution is 7.13. The fraction of sp³-hybridized carbons (Fsp3) is 0.429. The van der Waals surface area contributed by atoms with Gasteiger partial charge in [0, 0.05) is 30.0 Å². The van der Waals surface area contributed by atoms with Gasteiger partial charge >= 0.3 is 0 Å². The van der Waals surface area contributed by atoms with Crippen LogP contribution in [0.3, 0.4) is 0 Å². The number of carbonyl (C=O) groups excluding carboxylic acids is 1. The summed E-state index contributed by atoms with van der Waals surface area (Å²) < 4.78 is 5.02. The molecule has 2 atom stereocenters. The summed E-state index contributed by atoms with van der Waals surface area (Å²) in [6.07, 6.45) is 3.69. The minimum atomic E-state index is -0.371. The van der Waals surface area contributed by atoms with Crippen LogP contribution in [0, 0.1) is 5.92 Å². The molecule has 2 aromatic rings. The number of thiazole rings is 1. The monoisotopic (exact) mass is 292 g/mol. The van der Waals surface area contributed by atoms with E-state index < -0.39 is 0 Å². The molecule has 3 rings (SSSR count). The van der Waals surface area contributed by atoms with Crippen LogP contribution in [0.2, 0.25) is 0 Å². The maximum atomic E-state index is 12.4. The lowest BCUT2D eigenvalue weighted by atomic mass is 10.0. The Balaban J connectivity index is 1.72. The van der Waals surface area contributed by atoms with Gasteiger partial charge in [-0.3, -0.25) is 4.79 Å². The van der Waals surface area contributed by atoms with E-state index in [0.717, 1.165) is 17.0 Å². The van der Waals surface area contributed by atoms with Gasteiger partial charge in [0.15, 0.2) is 0 Å². The van der Waals surface area contributed by atoms with E-state index in [0.29, 0.717) is 18.8 Å². The summed E-state index contributed by atoms with van der Waals surface area (Å²) in [5, 5.41) is 12.2. The zero-order chi connectivity index (χ0) is 14.1. The molecule has 1 saturated heterocycles. The molecule has 0 radical (unpaired) electrons. The highest BCUT2D eigenvalue weighted by Crippen LogP contribution is 2.26. The first-order valence-electron chi connectivity index (χ1n) is 6.60. The summed E-state index contributed by atoms with van der Waals surface area (Å²) in [7, 11) is 0. The maximum absolute atomic E-state index is 12.4. The van der Waals surface area contributed by atoms with Crippen LogP contribution in [0.5, 0.6) is 0 Å². The molecular weight excluding hydrogens is 276 g/mol. The van der Waals surface area contributed by atoms with E-state index in [1.807, 2.05) is 6.07 Å². The van der Waals surface area contributed by atoms with Gasteiger partial charge in [-0.1, -0.05) is 0 Å². The predicted molar refractivity (Wildman–Crippen MR) is 75.5 cm³/mol. The molecular formula is C14H16N2O3S. The van der Waals surface area contributed by atoms with E-state index in [1.165, 1.54) is 11.3 Å². The first-order valence-corrected chi connectivity index (χ1v) is 7.48. The molecule has 3 heterocycles.